The van der Waals surface area contributed by atoms with Crippen LogP contribution in [-0.4, -0.2) is 5.11 Å². The third-order valence-corrected chi connectivity index (χ3v) is 3.24. The van der Waals surface area contributed by atoms with Crippen LogP contribution in [0.25, 0.3) is 0 Å². The number of hydrogen-bond donors (Lipinski definition) is 1. The molecule has 1 aliphatic rings. The van der Waals surface area contributed by atoms with Crippen LogP contribution in [0, 0.1) is 11.3 Å². The second-order valence-electron chi connectivity index (χ2n) is 3.71. The van der Waals surface area contributed by atoms with Gasteiger partial charge in [-0.15, -0.1) is 0 Å². The normalized spacial score (nSPS) is 18.3. The van der Waals surface area contributed by atoms with Gasteiger partial charge in [0.1, 0.15) is 5.75 Å². The SMILES string of the molecule is N#CC1(c2ccc(Cl)c(O)c2)CCC1. The summed E-state index contributed by atoms with van der Waals surface area (Å²) in [6.45, 7) is 0. The fourth-order valence-corrected chi connectivity index (χ4v) is 1.92. The summed E-state index contributed by atoms with van der Waals surface area (Å²) in [5.41, 5.74) is 0.510. The van der Waals surface area contributed by atoms with E-state index in [2.05, 4.69) is 6.07 Å². The molecule has 3 heteroatoms. The Kier molecular flexibility index (Phi) is 2.13. The van der Waals surface area contributed by atoms with E-state index in [-0.39, 0.29) is 11.2 Å². The standard InChI is InChI=1S/C11H10ClNO/c12-9-3-2-8(6-10(9)14)11(7-13)4-1-5-11/h2-3,6,14H,1,4-5H2. The summed E-state index contributed by atoms with van der Waals surface area (Å²) < 4.78 is 0. The van der Waals surface area contributed by atoms with Crippen molar-refractivity contribution in [3.05, 3.63) is 28.8 Å². The van der Waals surface area contributed by atoms with E-state index in [1.165, 1.54) is 0 Å². The number of phenolic OH excluding ortho intramolecular Hbond substituents is 1. The maximum atomic E-state index is 9.44. The van der Waals surface area contributed by atoms with E-state index >= 15 is 0 Å². The lowest BCUT2D eigenvalue weighted by atomic mass is 9.65. The average molecular weight is 208 g/mol. The van der Waals surface area contributed by atoms with E-state index < -0.39 is 0 Å². The highest BCUT2D eigenvalue weighted by atomic mass is 35.5. The maximum absolute atomic E-state index is 9.44. The van der Waals surface area contributed by atoms with Gasteiger partial charge in [-0.25, -0.2) is 0 Å². The monoisotopic (exact) mass is 207 g/mol. The van der Waals surface area contributed by atoms with E-state index in [0.29, 0.717) is 5.02 Å². The molecule has 0 radical (unpaired) electrons. The molecule has 14 heavy (non-hydrogen) atoms. The van der Waals surface area contributed by atoms with Crippen LogP contribution in [0.2, 0.25) is 5.02 Å². The number of hydrogen-bond acceptors (Lipinski definition) is 2. The minimum absolute atomic E-state index is 0.0608. The molecule has 0 atom stereocenters. The summed E-state index contributed by atoms with van der Waals surface area (Å²) in [5, 5.41) is 18.9. The van der Waals surface area contributed by atoms with Crippen LogP contribution >= 0.6 is 11.6 Å². The summed E-state index contributed by atoms with van der Waals surface area (Å²) in [6, 6.07) is 7.39. The topological polar surface area (TPSA) is 44.0 Å². The molecule has 1 N–H and O–H groups in total. The fraction of sp³-hybridized carbons (Fsp3) is 0.364. The molecule has 0 saturated heterocycles. The highest BCUT2D eigenvalue weighted by Crippen LogP contribution is 2.44. The third-order valence-electron chi connectivity index (χ3n) is 2.92. The molecule has 0 spiro atoms. The van der Waals surface area contributed by atoms with Crippen LogP contribution in [0.1, 0.15) is 24.8 Å². The Morgan fingerprint density at radius 3 is 2.57 bits per heavy atom. The van der Waals surface area contributed by atoms with Crippen molar-refractivity contribution in [2.45, 2.75) is 24.7 Å². The molecule has 1 aromatic carbocycles. The predicted octanol–water partition coefficient (Wildman–Crippen LogP) is 2.99. The molecule has 1 aromatic rings. The van der Waals surface area contributed by atoms with Crippen molar-refractivity contribution in [2.75, 3.05) is 0 Å². The zero-order valence-electron chi connectivity index (χ0n) is 7.63. The second-order valence-corrected chi connectivity index (χ2v) is 4.12. The summed E-state index contributed by atoms with van der Waals surface area (Å²) in [6.07, 6.45) is 2.84. The summed E-state index contributed by atoms with van der Waals surface area (Å²) in [4.78, 5) is 0. The van der Waals surface area contributed by atoms with E-state index in [0.717, 1.165) is 24.8 Å². The Labute approximate surface area is 87.7 Å². The van der Waals surface area contributed by atoms with Crippen molar-refractivity contribution >= 4 is 11.6 Å². The molecule has 0 heterocycles. The number of phenols is 1. The van der Waals surface area contributed by atoms with E-state index in [4.69, 9.17) is 16.9 Å². The molecule has 1 aliphatic carbocycles. The molecule has 72 valence electrons. The Morgan fingerprint density at radius 1 is 1.43 bits per heavy atom. The van der Waals surface area contributed by atoms with E-state index in [9.17, 15) is 5.11 Å². The van der Waals surface area contributed by atoms with Crippen LogP contribution in [0.5, 0.6) is 5.75 Å². The molecular formula is C11H10ClNO. The van der Waals surface area contributed by atoms with Crippen molar-refractivity contribution in [1.29, 1.82) is 5.26 Å². The van der Waals surface area contributed by atoms with Crippen molar-refractivity contribution in [1.82, 2.24) is 0 Å². The van der Waals surface area contributed by atoms with Gasteiger partial charge in [-0.05, 0) is 37.0 Å². The Bertz CT molecular complexity index is 404. The highest BCUT2D eigenvalue weighted by Gasteiger charge is 2.39. The van der Waals surface area contributed by atoms with Gasteiger partial charge < -0.3 is 5.11 Å². The van der Waals surface area contributed by atoms with Crippen molar-refractivity contribution in [3.63, 3.8) is 0 Å². The van der Waals surface area contributed by atoms with E-state index in [1.54, 1.807) is 12.1 Å². The van der Waals surface area contributed by atoms with Crippen LogP contribution in [0.4, 0.5) is 0 Å². The van der Waals surface area contributed by atoms with Gasteiger partial charge in [0.05, 0.1) is 16.5 Å². The molecule has 0 aliphatic heterocycles. The number of nitriles is 1. The number of rotatable bonds is 1. The van der Waals surface area contributed by atoms with Crippen LogP contribution in [-0.2, 0) is 5.41 Å². The van der Waals surface area contributed by atoms with E-state index in [1.807, 2.05) is 6.07 Å². The van der Waals surface area contributed by atoms with Gasteiger partial charge in [0.2, 0.25) is 0 Å². The van der Waals surface area contributed by atoms with Crippen LogP contribution < -0.4 is 0 Å². The van der Waals surface area contributed by atoms with Crippen LogP contribution in [0.15, 0.2) is 18.2 Å². The first-order valence-electron chi connectivity index (χ1n) is 4.58. The average Bonchev–Trinajstić information content (AvgIpc) is 2.10. The molecule has 0 amide bonds. The molecule has 0 aromatic heterocycles. The largest absolute Gasteiger partial charge is 0.506 e. The molecule has 1 fully saturated rings. The van der Waals surface area contributed by atoms with Crippen molar-refractivity contribution in [2.24, 2.45) is 0 Å². The fourth-order valence-electron chi connectivity index (χ4n) is 1.81. The second kappa shape index (κ2) is 3.18. The van der Waals surface area contributed by atoms with Gasteiger partial charge in [-0.3, -0.25) is 0 Å². The molecule has 2 rings (SSSR count). The van der Waals surface area contributed by atoms with Gasteiger partial charge in [-0.2, -0.15) is 5.26 Å². The Balaban J connectivity index is 2.42. The summed E-state index contributed by atoms with van der Waals surface area (Å²) in [7, 11) is 0. The summed E-state index contributed by atoms with van der Waals surface area (Å²) >= 11 is 5.70. The first-order valence-corrected chi connectivity index (χ1v) is 4.96. The van der Waals surface area contributed by atoms with Gasteiger partial charge in [0.15, 0.2) is 0 Å². The van der Waals surface area contributed by atoms with Gasteiger partial charge in [0, 0.05) is 0 Å². The Morgan fingerprint density at radius 2 is 2.14 bits per heavy atom. The maximum Gasteiger partial charge on any atom is 0.134 e. The molecule has 1 saturated carbocycles. The third kappa shape index (κ3) is 1.25. The highest BCUT2D eigenvalue weighted by molar-refractivity contribution is 6.32. The summed E-state index contributed by atoms with van der Waals surface area (Å²) in [5.74, 6) is 0.0608. The van der Waals surface area contributed by atoms with Gasteiger partial charge in [0.25, 0.3) is 0 Å². The lowest BCUT2D eigenvalue weighted by Gasteiger charge is -2.35. The zero-order valence-corrected chi connectivity index (χ0v) is 8.38. The van der Waals surface area contributed by atoms with Gasteiger partial charge >= 0.3 is 0 Å². The molecule has 0 unspecified atom stereocenters. The predicted molar refractivity (Wildman–Crippen MR) is 54.3 cm³/mol. The van der Waals surface area contributed by atoms with Crippen molar-refractivity contribution in [3.8, 4) is 11.8 Å². The lowest BCUT2D eigenvalue weighted by Crippen LogP contribution is -2.32. The number of benzene rings is 1. The molecular weight excluding hydrogens is 198 g/mol. The minimum Gasteiger partial charge on any atom is -0.506 e. The number of halogens is 1. The lowest BCUT2D eigenvalue weighted by molar-refractivity contribution is 0.322. The smallest absolute Gasteiger partial charge is 0.134 e. The number of nitrogens with zero attached hydrogens (tertiary/aromatic N) is 1. The zero-order chi connectivity index (χ0) is 10.2. The quantitative estimate of drug-likeness (QED) is 0.770. The minimum atomic E-state index is -0.373. The van der Waals surface area contributed by atoms with Gasteiger partial charge in [-0.1, -0.05) is 17.7 Å². The molecule has 2 nitrogen and oxygen atoms in total. The first-order chi connectivity index (χ1) is 6.68. The Hall–Kier alpha value is -1.20. The first kappa shape index (κ1) is 9.36. The number of aromatic hydroxyl groups is 1. The van der Waals surface area contributed by atoms with Crippen molar-refractivity contribution < 1.29 is 5.11 Å². The van der Waals surface area contributed by atoms with Crippen LogP contribution in [0.3, 0.4) is 0 Å². The molecule has 0 bridgehead atoms.